The van der Waals surface area contributed by atoms with Gasteiger partial charge in [-0.2, -0.15) is 0 Å². The van der Waals surface area contributed by atoms with Crippen molar-refractivity contribution in [2.45, 2.75) is 69.1 Å². The van der Waals surface area contributed by atoms with Gasteiger partial charge in [-0.25, -0.2) is 9.78 Å². The van der Waals surface area contributed by atoms with Gasteiger partial charge in [0.15, 0.2) is 0 Å². The molecule has 4 unspecified atom stereocenters. The van der Waals surface area contributed by atoms with Crippen LogP contribution in [-0.2, 0) is 40.0 Å². The van der Waals surface area contributed by atoms with Gasteiger partial charge >= 0.3 is 11.9 Å². The zero-order chi connectivity index (χ0) is 28.8. The molecule has 4 atom stereocenters. The Morgan fingerprint density at radius 3 is 1.84 bits per heavy atom. The zero-order valence-corrected chi connectivity index (χ0v) is 20.3. The number of amides is 5. The molecule has 17 heteroatoms. The van der Waals surface area contributed by atoms with E-state index in [0.717, 1.165) is 0 Å². The van der Waals surface area contributed by atoms with Crippen LogP contribution in [0.3, 0.4) is 0 Å². The van der Waals surface area contributed by atoms with Gasteiger partial charge in [0.25, 0.3) is 0 Å². The van der Waals surface area contributed by atoms with Crippen LogP contribution in [0.4, 0.5) is 0 Å². The number of primary amides is 2. The van der Waals surface area contributed by atoms with Crippen molar-refractivity contribution in [1.82, 2.24) is 25.9 Å². The molecule has 0 radical (unpaired) electrons. The van der Waals surface area contributed by atoms with Gasteiger partial charge in [-0.1, -0.05) is 0 Å². The van der Waals surface area contributed by atoms with Crippen molar-refractivity contribution < 1.29 is 43.8 Å². The normalized spacial score (nSPS) is 13.8. The summed E-state index contributed by atoms with van der Waals surface area (Å²) in [5, 5.41) is 25.0. The highest BCUT2D eigenvalue weighted by Crippen LogP contribution is 2.06. The van der Waals surface area contributed by atoms with Gasteiger partial charge in [-0.3, -0.25) is 28.8 Å². The minimum absolute atomic E-state index is 0.0872. The van der Waals surface area contributed by atoms with Crippen LogP contribution in [0.1, 0.15) is 44.2 Å². The minimum atomic E-state index is -1.59. The largest absolute Gasteiger partial charge is 0.481 e. The van der Waals surface area contributed by atoms with E-state index in [0.29, 0.717) is 5.69 Å². The van der Waals surface area contributed by atoms with E-state index >= 15 is 0 Å². The molecule has 0 saturated heterocycles. The first-order valence-corrected chi connectivity index (χ1v) is 11.4. The number of hydrogen-bond acceptors (Lipinski definition) is 9. The van der Waals surface area contributed by atoms with Crippen LogP contribution < -0.4 is 33.2 Å². The molecule has 1 heterocycles. The molecule has 0 fully saturated rings. The van der Waals surface area contributed by atoms with Crippen molar-refractivity contribution in [1.29, 1.82) is 0 Å². The van der Waals surface area contributed by atoms with Crippen molar-refractivity contribution in [2.24, 2.45) is 17.2 Å². The molecule has 17 nitrogen and oxygen atoms in total. The van der Waals surface area contributed by atoms with Gasteiger partial charge in [0.2, 0.25) is 29.5 Å². The Hall–Kier alpha value is -4.54. The van der Waals surface area contributed by atoms with E-state index in [4.69, 9.17) is 22.3 Å². The van der Waals surface area contributed by atoms with Crippen LogP contribution >= 0.6 is 0 Å². The van der Waals surface area contributed by atoms with E-state index in [-0.39, 0.29) is 32.1 Å². The summed E-state index contributed by atoms with van der Waals surface area (Å²) in [4.78, 5) is 89.6. The highest BCUT2D eigenvalue weighted by Gasteiger charge is 2.31. The number of hydrogen-bond donors (Lipinski definition) is 9. The first-order chi connectivity index (χ1) is 17.8. The molecular formula is C21H32N8O9. The summed E-state index contributed by atoms with van der Waals surface area (Å²) in [6.45, 7) is 0. The molecule has 0 aliphatic heterocycles. The number of aromatic amines is 1. The molecule has 0 bridgehead atoms. The fourth-order valence-electron chi connectivity index (χ4n) is 3.16. The van der Waals surface area contributed by atoms with Crippen LogP contribution in [0.2, 0.25) is 0 Å². The van der Waals surface area contributed by atoms with E-state index in [2.05, 4.69) is 25.9 Å². The van der Waals surface area contributed by atoms with E-state index in [1.165, 1.54) is 12.5 Å². The molecule has 12 N–H and O–H groups in total. The van der Waals surface area contributed by atoms with Crippen molar-refractivity contribution in [3.8, 4) is 0 Å². The average Bonchev–Trinajstić information content (AvgIpc) is 3.34. The number of nitrogens with zero attached hydrogens (tertiary/aromatic N) is 1. The molecule has 0 aromatic carbocycles. The summed E-state index contributed by atoms with van der Waals surface area (Å²) in [5.41, 5.74) is 16.4. The Morgan fingerprint density at radius 2 is 1.32 bits per heavy atom. The average molecular weight is 541 g/mol. The van der Waals surface area contributed by atoms with Gasteiger partial charge in [-0.05, 0) is 19.3 Å². The molecule has 1 rings (SSSR count). The maximum Gasteiger partial charge on any atom is 0.326 e. The van der Waals surface area contributed by atoms with Crippen molar-refractivity contribution >= 4 is 41.5 Å². The van der Waals surface area contributed by atoms with E-state index in [1.54, 1.807) is 0 Å². The smallest absolute Gasteiger partial charge is 0.326 e. The van der Waals surface area contributed by atoms with Crippen molar-refractivity contribution in [3.05, 3.63) is 18.2 Å². The maximum absolute atomic E-state index is 13.1. The lowest BCUT2D eigenvalue weighted by atomic mass is 10.1. The summed E-state index contributed by atoms with van der Waals surface area (Å²) in [6.07, 6.45) is 0.665. The Labute approximate surface area is 216 Å². The second kappa shape index (κ2) is 15.5. The SMILES string of the molecule is NC(=O)CCC(N)C(=O)NC(Cc1cnc[nH]1)C(=O)NC(CCC(N)=O)C(=O)NC(CCC(=O)O)C(=O)O. The van der Waals surface area contributed by atoms with Crippen LogP contribution in [0.15, 0.2) is 12.5 Å². The predicted octanol–water partition coefficient (Wildman–Crippen LogP) is -3.79. The van der Waals surface area contributed by atoms with Crippen LogP contribution in [0.25, 0.3) is 0 Å². The molecule has 38 heavy (non-hydrogen) atoms. The molecule has 0 saturated carbocycles. The third kappa shape index (κ3) is 11.9. The quantitative estimate of drug-likeness (QED) is 0.0869. The number of nitrogens with two attached hydrogens (primary N) is 3. The topological polar surface area (TPSA) is 303 Å². The standard InChI is InChI=1S/C21H32N8O9/c22-11(1-4-15(23)30)18(34)29-14(7-10-8-25-9-26-10)20(36)27-12(2-5-16(24)31)19(35)28-13(21(37)38)3-6-17(32)33/h8-9,11-14H,1-7,22H2,(H2,23,30)(H2,24,31)(H,25,26)(H,27,36)(H,28,35)(H,29,34)(H,32,33)(H,37,38). The summed E-state index contributed by atoms with van der Waals surface area (Å²) < 4.78 is 0. The number of carbonyl (C=O) groups excluding carboxylic acids is 5. The number of rotatable bonds is 18. The predicted molar refractivity (Wildman–Crippen MR) is 127 cm³/mol. The number of aliphatic carboxylic acids is 2. The first kappa shape index (κ1) is 31.5. The van der Waals surface area contributed by atoms with E-state index in [1.807, 2.05) is 0 Å². The number of aromatic nitrogens is 2. The number of carbonyl (C=O) groups is 7. The Bertz CT molecular complexity index is 1010. The third-order valence-corrected chi connectivity index (χ3v) is 5.22. The van der Waals surface area contributed by atoms with Crippen LogP contribution in [0.5, 0.6) is 0 Å². The summed E-state index contributed by atoms with van der Waals surface area (Å²) in [5.74, 6) is -6.96. The minimum Gasteiger partial charge on any atom is -0.481 e. The molecule has 0 spiro atoms. The summed E-state index contributed by atoms with van der Waals surface area (Å²) in [6, 6.07) is -5.55. The monoisotopic (exact) mass is 540 g/mol. The molecule has 5 amide bonds. The molecule has 210 valence electrons. The molecule has 0 aliphatic carbocycles. The lowest BCUT2D eigenvalue weighted by Crippen LogP contribution is -2.57. The highest BCUT2D eigenvalue weighted by atomic mass is 16.4. The molecule has 0 aliphatic rings. The number of carboxylic acids is 2. The van der Waals surface area contributed by atoms with Gasteiger partial charge in [-0.15, -0.1) is 0 Å². The van der Waals surface area contributed by atoms with Crippen LogP contribution in [-0.4, -0.2) is 85.8 Å². The Balaban J connectivity index is 3.07. The van der Waals surface area contributed by atoms with Crippen molar-refractivity contribution in [3.63, 3.8) is 0 Å². The maximum atomic E-state index is 13.1. The number of H-pyrrole nitrogens is 1. The zero-order valence-electron chi connectivity index (χ0n) is 20.3. The molecule has 1 aromatic heterocycles. The fraction of sp³-hybridized carbons (Fsp3) is 0.524. The summed E-state index contributed by atoms with van der Waals surface area (Å²) >= 11 is 0. The lowest BCUT2D eigenvalue weighted by Gasteiger charge is -2.25. The van der Waals surface area contributed by atoms with Gasteiger partial charge in [0, 0.05) is 37.6 Å². The van der Waals surface area contributed by atoms with Gasteiger partial charge in [0.05, 0.1) is 12.4 Å². The number of imidazole rings is 1. The second-order valence-corrected chi connectivity index (χ2v) is 8.35. The second-order valence-electron chi connectivity index (χ2n) is 8.35. The Morgan fingerprint density at radius 1 is 0.789 bits per heavy atom. The lowest BCUT2D eigenvalue weighted by molar-refractivity contribution is -0.143. The van der Waals surface area contributed by atoms with Crippen LogP contribution in [0, 0.1) is 0 Å². The van der Waals surface area contributed by atoms with Crippen molar-refractivity contribution in [2.75, 3.05) is 0 Å². The molecule has 1 aromatic rings. The van der Waals surface area contributed by atoms with Gasteiger partial charge in [0.1, 0.15) is 18.1 Å². The highest BCUT2D eigenvalue weighted by molar-refractivity contribution is 5.94. The van der Waals surface area contributed by atoms with Gasteiger partial charge < -0.3 is 48.3 Å². The third-order valence-electron chi connectivity index (χ3n) is 5.22. The van der Waals surface area contributed by atoms with E-state index < -0.39 is 78.5 Å². The summed E-state index contributed by atoms with van der Waals surface area (Å²) in [7, 11) is 0. The Kier molecular flexibility index (Phi) is 12.9. The fourth-order valence-corrected chi connectivity index (χ4v) is 3.16. The molecular weight excluding hydrogens is 508 g/mol. The number of carboxylic acid groups (broad SMARTS) is 2. The first-order valence-electron chi connectivity index (χ1n) is 11.4. The number of nitrogens with one attached hydrogen (secondary N) is 4. The van der Waals surface area contributed by atoms with E-state index in [9.17, 15) is 38.7 Å².